The number of fused-ring (bicyclic) bond motifs is 1. The number of carbonyl (C=O) groups excluding carboxylic acids is 1. The van der Waals surface area contributed by atoms with Crippen LogP contribution in [0.15, 0.2) is 39.9 Å². The number of nitrogens with one attached hydrogen (secondary N) is 2. The van der Waals surface area contributed by atoms with Gasteiger partial charge in [-0.1, -0.05) is 18.2 Å². The van der Waals surface area contributed by atoms with Gasteiger partial charge in [0.2, 0.25) is 0 Å². The minimum atomic E-state index is -0.383. The van der Waals surface area contributed by atoms with E-state index in [1.54, 1.807) is 15.5 Å². The third-order valence-corrected chi connectivity index (χ3v) is 5.16. The fraction of sp³-hybridized carbons (Fsp3) is 0.368. The first kappa shape index (κ1) is 17.3. The lowest BCUT2D eigenvalue weighted by atomic mass is 9.96. The van der Waals surface area contributed by atoms with Crippen LogP contribution in [-0.2, 0) is 6.54 Å². The third kappa shape index (κ3) is 3.07. The van der Waals surface area contributed by atoms with E-state index in [9.17, 15) is 14.4 Å². The van der Waals surface area contributed by atoms with Crippen LogP contribution in [0.5, 0.6) is 0 Å². The number of amides is 1. The quantitative estimate of drug-likeness (QED) is 0.731. The highest BCUT2D eigenvalue weighted by molar-refractivity contribution is 5.97. The first-order valence-corrected chi connectivity index (χ1v) is 9.15. The molecule has 1 unspecified atom stereocenters. The standard InChI is InChI=1S/C19H21N5O3/c1-2-24-16(21-22-19(24)27)13-7-5-9-23(11-13)18(26)14-10-12-6-3-4-8-15(12)20-17(14)25/h3-4,6,8,10,13H,2,5,7,9,11H2,1H3,(H,20,25)(H,22,27). The Morgan fingerprint density at radius 2 is 2.11 bits per heavy atom. The molecule has 1 aliphatic heterocycles. The van der Waals surface area contributed by atoms with Crippen LogP contribution in [0.4, 0.5) is 0 Å². The minimum absolute atomic E-state index is 0.0267. The molecular weight excluding hydrogens is 346 g/mol. The fourth-order valence-electron chi connectivity index (χ4n) is 3.80. The average Bonchev–Trinajstić information content (AvgIpc) is 3.07. The Balaban J connectivity index is 1.63. The van der Waals surface area contributed by atoms with E-state index in [1.165, 1.54) is 0 Å². The van der Waals surface area contributed by atoms with Crippen LogP contribution in [0.2, 0.25) is 0 Å². The second kappa shape index (κ2) is 6.86. The molecule has 0 spiro atoms. The Kier molecular flexibility index (Phi) is 4.39. The number of carbonyl (C=O) groups is 1. The van der Waals surface area contributed by atoms with Crippen molar-refractivity contribution in [2.45, 2.75) is 32.2 Å². The Morgan fingerprint density at radius 1 is 1.30 bits per heavy atom. The van der Waals surface area contributed by atoms with E-state index in [2.05, 4.69) is 15.2 Å². The van der Waals surface area contributed by atoms with Gasteiger partial charge >= 0.3 is 5.69 Å². The number of rotatable bonds is 3. The minimum Gasteiger partial charge on any atom is -0.338 e. The number of piperidine rings is 1. The molecule has 0 bridgehead atoms. The molecule has 4 rings (SSSR count). The van der Waals surface area contributed by atoms with Crippen LogP contribution in [0.3, 0.4) is 0 Å². The molecule has 0 radical (unpaired) electrons. The summed E-state index contributed by atoms with van der Waals surface area (Å²) >= 11 is 0. The molecule has 3 aromatic rings. The van der Waals surface area contributed by atoms with E-state index in [4.69, 9.17) is 0 Å². The average molecular weight is 367 g/mol. The number of aromatic amines is 2. The molecule has 2 N–H and O–H groups in total. The molecule has 8 heteroatoms. The molecule has 1 saturated heterocycles. The predicted octanol–water partition coefficient (Wildman–Crippen LogP) is 1.45. The van der Waals surface area contributed by atoms with Gasteiger partial charge in [0.25, 0.3) is 11.5 Å². The van der Waals surface area contributed by atoms with E-state index in [-0.39, 0.29) is 28.6 Å². The SMILES string of the molecule is CCn1c(C2CCCN(C(=O)c3cc4ccccc4[nH]c3=O)C2)n[nH]c1=O. The van der Waals surface area contributed by atoms with Crippen LogP contribution < -0.4 is 11.2 Å². The van der Waals surface area contributed by atoms with Gasteiger partial charge < -0.3 is 9.88 Å². The molecule has 27 heavy (non-hydrogen) atoms. The zero-order chi connectivity index (χ0) is 19.0. The number of benzene rings is 1. The maximum atomic E-state index is 13.0. The van der Waals surface area contributed by atoms with Crippen molar-refractivity contribution in [1.29, 1.82) is 0 Å². The predicted molar refractivity (Wildman–Crippen MR) is 101 cm³/mol. The van der Waals surface area contributed by atoms with E-state index in [1.807, 2.05) is 31.2 Å². The number of nitrogens with zero attached hydrogens (tertiary/aromatic N) is 3. The summed E-state index contributed by atoms with van der Waals surface area (Å²) in [6, 6.07) is 9.03. The van der Waals surface area contributed by atoms with Gasteiger partial charge in [0.1, 0.15) is 11.4 Å². The zero-order valence-electron chi connectivity index (χ0n) is 15.1. The van der Waals surface area contributed by atoms with Gasteiger partial charge in [-0.2, -0.15) is 5.10 Å². The van der Waals surface area contributed by atoms with Crippen molar-refractivity contribution in [1.82, 2.24) is 24.6 Å². The highest BCUT2D eigenvalue weighted by atomic mass is 16.2. The van der Waals surface area contributed by atoms with Gasteiger partial charge in [0.15, 0.2) is 0 Å². The topological polar surface area (TPSA) is 104 Å². The summed E-state index contributed by atoms with van der Waals surface area (Å²) < 4.78 is 1.60. The summed E-state index contributed by atoms with van der Waals surface area (Å²) in [5, 5.41) is 7.46. The van der Waals surface area contributed by atoms with Crippen molar-refractivity contribution in [2.75, 3.05) is 13.1 Å². The molecule has 3 heterocycles. The lowest BCUT2D eigenvalue weighted by molar-refractivity contribution is 0.0701. The second-order valence-electron chi connectivity index (χ2n) is 6.82. The van der Waals surface area contributed by atoms with Crippen molar-refractivity contribution in [2.24, 2.45) is 0 Å². The van der Waals surface area contributed by atoms with Gasteiger partial charge in [-0.05, 0) is 37.3 Å². The van der Waals surface area contributed by atoms with Crippen LogP contribution in [0.1, 0.15) is 41.9 Å². The second-order valence-corrected chi connectivity index (χ2v) is 6.82. The number of likely N-dealkylation sites (tertiary alicyclic amines) is 1. The Morgan fingerprint density at radius 3 is 2.93 bits per heavy atom. The summed E-state index contributed by atoms with van der Waals surface area (Å²) in [6.45, 7) is 3.44. The summed E-state index contributed by atoms with van der Waals surface area (Å²) in [6.07, 6.45) is 1.65. The first-order valence-electron chi connectivity index (χ1n) is 9.15. The zero-order valence-corrected chi connectivity index (χ0v) is 15.1. The molecular formula is C19H21N5O3. The summed E-state index contributed by atoms with van der Waals surface area (Å²) in [5.41, 5.74) is 0.233. The molecule has 1 fully saturated rings. The highest BCUT2D eigenvalue weighted by Gasteiger charge is 2.29. The van der Waals surface area contributed by atoms with Gasteiger partial charge in [0.05, 0.1) is 0 Å². The van der Waals surface area contributed by atoms with Gasteiger partial charge in [-0.25, -0.2) is 9.89 Å². The molecule has 140 valence electrons. The van der Waals surface area contributed by atoms with Gasteiger partial charge in [-0.3, -0.25) is 14.2 Å². The first-order chi connectivity index (χ1) is 13.1. The number of hydrogen-bond acceptors (Lipinski definition) is 4. The monoisotopic (exact) mass is 367 g/mol. The van der Waals surface area contributed by atoms with Gasteiger partial charge in [-0.15, -0.1) is 0 Å². The number of hydrogen-bond donors (Lipinski definition) is 2. The number of H-pyrrole nitrogens is 2. The largest absolute Gasteiger partial charge is 0.343 e. The highest BCUT2D eigenvalue weighted by Crippen LogP contribution is 2.26. The molecule has 1 aliphatic rings. The molecule has 0 aliphatic carbocycles. The maximum absolute atomic E-state index is 13.0. The van der Waals surface area contributed by atoms with Crippen molar-refractivity contribution >= 4 is 16.8 Å². The van der Waals surface area contributed by atoms with Crippen molar-refractivity contribution in [3.05, 3.63) is 62.6 Å². The summed E-state index contributed by atoms with van der Waals surface area (Å²) in [7, 11) is 0. The smallest absolute Gasteiger partial charge is 0.338 e. The lowest BCUT2D eigenvalue weighted by Crippen LogP contribution is -2.41. The van der Waals surface area contributed by atoms with Crippen molar-refractivity contribution in [3.63, 3.8) is 0 Å². The van der Waals surface area contributed by atoms with E-state index >= 15 is 0 Å². The Bertz CT molecular complexity index is 1110. The van der Waals surface area contributed by atoms with Crippen LogP contribution in [0.25, 0.3) is 10.9 Å². The van der Waals surface area contributed by atoms with Crippen LogP contribution in [0, 0.1) is 0 Å². The lowest BCUT2D eigenvalue weighted by Gasteiger charge is -2.32. The molecule has 1 amide bonds. The molecule has 1 aromatic carbocycles. The van der Waals surface area contributed by atoms with E-state index in [0.29, 0.717) is 31.0 Å². The Hall–Kier alpha value is -3.16. The van der Waals surface area contributed by atoms with Crippen molar-refractivity contribution < 1.29 is 4.79 Å². The van der Waals surface area contributed by atoms with Gasteiger partial charge in [0, 0.05) is 31.1 Å². The molecule has 2 aromatic heterocycles. The molecule has 1 atom stereocenters. The third-order valence-electron chi connectivity index (χ3n) is 5.16. The number of para-hydroxylation sites is 1. The van der Waals surface area contributed by atoms with E-state index < -0.39 is 0 Å². The Labute approximate surface area is 154 Å². The molecule has 8 nitrogen and oxygen atoms in total. The number of aromatic nitrogens is 4. The normalized spacial score (nSPS) is 17.4. The molecule has 0 saturated carbocycles. The fourth-order valence-corrected chi connectivity index (χ4v) is 3.80. The summed E-state index contributed by atoms with van der Waals surface area (Å²) in [4.78, 5) is 41.7. The van der Waals surface area contributed by atoms with Crippen LogP contribution in [-0.4, -0.2) is 43.6 Å². The van der Waals surface area contributed by atoms with Crippen molar-refractivity contribution in [3.8, 4) is 0 Å². The number of pyridine rings is 1. The van der Waals surface area contributed by atoms with E-state index in [0.717, 1.165) is 18.2 Å². The maximum Gasteiger partial charge on any atom is 0.343 e. The van der Waals surface area contributed by atoms with Crippen LogP contribution >= 0.6 is 0 Å². The summed E-state index contributed by atoms with van der Waals surface area (Å²) in [5.74, 6) is 0.362.